The zero-order chi connectivity index (χ0) is 15.8. The second-order valence-electron chi connectivity index (χ2n) is 6.31. The van der Waals surface area contributed by atoms with E-state index < -0.39 is 15.4 Å². The van der Waals surface area contributed by atoms with Gasteiger partial charge in [-0.15, -0.1) is 0 Å². The molecule has 6 nitrogen and oxygen atoms in total. The normalized spacial score (nSPS) is 26.8. The van der Waals surface area contributed by atoms with Gasteiger partial charge in [-0.3, -0.25) is 9.78 Å². The van der Waals surface area contributed by atoms with Gasteiger partial charge in [0.25, 0.3) is 0 Å². The van der Waals surface area contributed by atoms with E-state index in [2.05, 4.69) is 4.98 Å². The monoisotopic (exact) mass is 323 g/mol. The number of hydrogen-bond acceptors (Lipinski definition) is 4. The predicted octanol–water partition coefficient (Wildman–Crippen LogP) is 0.856. The molecule has 2 aliphatic rings. The highest BCUT2D eigenvalue weighted by molar-refractivity contribution is 7.88. The maximum Gasteiger partial charge on any atom is 0.230 e. The molecule has 2 saturated heterocycles. The zero-order valence-electron chi connectivity index (χ0n) is 12.7. The number of rotatable bonds is 3. The van der Waals surface area contributed by atoms with Gasteiger partial charge in [-0.25, -0.2) is 12.7 Å². The Morgan fingerprint density at radius 2 is 1.95 bits per heavy atom. The third-order valence-electron chi connectivity index (χ3n) is 4.73. The van der Waals surface area contributed by atoms with Crippen molar-refractivity contribution in [2.75, 3.05) is 25.9 Å². The van der Waals surface area contributed by atoms with Crippen molar-refractivity contribution < 1.29 is 13.2 Å². The Morgan fingerprint density at radius 1 is 1.23 bits per heavy atom. The summed E-state index contributed by atoms with van der Waals surface area (Å²) < 4.78 is 25.1. The molecule has 0 aliphatic carbocycles. The summed E-state index contributed by atoms with van der Waals surface area (Å²) in [5, 5.41) is 0. The lowest BCUT2D eigenvalue weighted by atomic mass is 9.79. The van der Waals surface area contributed by atoms with Crippen LogP contribution < -0.4 is 0 Å². The smallest absolute Gasteiger partial charge is 0.230 e. The number of aromatic nitrogens is 1. The lowest BCUT2D eigenvalue weighted by Crippen LogP contribution is -2.49. The molecule has 0 aromatic carbocycles. The van der Waals surface area contributed by atoms with Crippen LogP contribution in [0.5, 0.6) is 0 Å². The summed E-state index contributed by atoms with van der Waals surface area (Å²) in [5.41, 5.74) is 0.533. The minimum atomic E-state index is -3.23. The summed E-state index contributed by atoms with van der Waals surface area (Å²) in [7, 11) is -3.23. The van der Waals surface area contributed by atoms with E-state index in [1.807, 2.05) is 17.0 Å². The quantitative estimate of drug-likeness (QED) is 0.827. The molecule has 0 bridgehead atoms. The third-order valence-corrected chi connectivity index (χ3v) is 5.98. The molecule has 1 spiro atoms. The predicted molar refractivity (Wildman–Crippen MR) is 82.4 cm³/mol. The van der Waals surface area contributed by atoms with Crippen LogP contribution in [0.15, 0.2) is 24.5 Å². The molecule has 1 aromatic heterocycles. The van der Waals surface area contributed by atoms with Crippen LogP contribution in [0.3, 0.4) is 0 Å². The standard InChI is InChI=1S/C15H21N3O3S/c1-22(20,21)18-9-2-5-15(12-18)6-10-17(14(15)19)11-13-3-7-16-8-4-13/h3-4,7-8H,2,5-6,9-12H2,1H3/t15-/m0/s1. The Morgan fingerprint density at radius 3 is 2.64 bits per heavy atom. The van der Waals surface area contributed by atoms with Crippen molar-refractivity contribution in [2.24, 2.45) is 5.41 Å². The first-order valence-electron chi connectivity index (χ1n) is 7.54. The summed E-state index contributed by atoms with van der Waals surface area (Å²) in [4.78, 5) is 18.7. The Balaban J connectivity index is 1.75. The Hall–Kier alpha value is -1.47. The van der Waals surface area contributed by atoms with Crippen LogP contribution in [0, 0.1) is 5.41 Å². The number of sulfonamides is 1. The molecule has 7 heteroatoms. The molecule has 0 N–H and O–H groups in total. The average Bonchev–Trinajstić information content (AvgIpc) is 2.77. The summed E-state index contributed by atoms with van der Waals surface area (Å²) >= 11 is 0. The highest BCUT2D eigenvalue weighted by Gasteiger charge is 2.49. The average molecular weight is 323 g/mol. The second-order valence-corrected chi connectivity index (χ2v) is 8.30. The third kappa shape index (κ3) is 2.87. The minimum absolute atomic E-state index is 0.0951. The van der Waals surface area contributed by atoms with E-state index in [0.29, 0.717) is 26.2 Å². The first-order chi connectivity index (χ1) is 10.4. The molecule has 0 saturated carbocycles. The molecule has 0 radical (unpaired) electrons. The van der Waals surface area contributed by atoms with E-state index in [1.165, 1.54) is 10.6 Å². The highest BCUT2D eigenvalue weighted by atomic mass is 32.2. The van der Waals surface area contributed by atoms with Crippen molar-refractivity contribution >= 4 is 15.9 Å². The van der Waals surface area contributed by atoms with E-state index in [1.54, 1.807) is 12.4 Å². The first-order valence-corrected chi connectivity index (χ1v) is 9.39. The van der Waals surface area contributed by atoms with Crippen molar-refractivity contribution in [2.45, 2.75) is 25.8 Å². The molecule has 2 fully saturated rings. The molecular weight excluding hydrogens is 302 g/mol. The SMILES string of the molecule is CS(=O)(=O)N1CCC[C@]2(CCN(Cc3ccncc3)C2=O)C1. The van der Waals surface area contributed by atoms with Gasteiger partial charge in [-0.2, -0.15) is 0 Å². The lowest BCUT2D eigenvalue weighted by molar-refractivity contribution is -0.138. The number of amides is 1. The largest absolute Gasteiger partial charge is 0.338 e. The van der Waals surface area contributed by atoms with Gasteiger partial charge in [0.1, 0.15) is 0 Å². The van der Waals surface area contributed by atoms with Crippen LogP contribution in [0.4, 0.5) is 0 Å². The van der Waals surface area contributed by atoms with Gasteiger partial charge in [-0.05, 0) is 37.0 Å². The molecular formula is C15H21N3O3S. The fourth-order valence-corrected chi connectivity index (χ4v) is 4.45. The molecule has 0 unspecified atom stereocenters. The maximum atomic E-state index is 12.8. The van der Waals surface area contributed by atoms with Crippen molar-refractivity contribution in [3.63, 3.8) is 0 Å². The van der Waals surface area contributed by atoms with Crippen LogP contribution in [-0.4, -0.2) is 54.4 Å². The van der Waals surface area contributed by atoms with E-state index in [-0.39, 0.29) is 5.91 Å². The number of likely N-dealkylation sites (tertiary alicyclic amines) is 1. The lowest BCUT2D eigenvalue weighted by Gasteiger charge is -2.37. The van der Waals surface area contributed by atoms with Crippen molar-refractivity contribution in [3.05, 3.63) is 30.1 Å². The molecule has 120 valence electrons. The van der Waals surface area contributed by atoms with E-state index in [0.717, 1.165) is 24.8 Å². The summed E-state index contributed by atoms with van der Waals surface area (Å²) in [5.74, 6) is 0.0951. The molecule has 3 rings (SSSR count). The summed E-state index contributed by atoms with van der Waals surface area (Å²) in [6.07, 6.45) is 6.94. The van der Waals surface area contributed by atoms with Gasteiger partial charge in [-0.1, -0.05) is 0 Å². The molecule has 2 aliphatic heterocycles. The number of hydrogen-bond donors (Lipinski definition) is 0. The van der Waals surface area contributed by atoms with Gasteiger partial charge in [0, 0.05) is 38.6 Å². The topological polar surface area (TPSA) is 70.6 Å². The van der Waals surface area contributed by atoms with Gasteiger partial charge in [0.05, 0.1) is 11.7 Å². The van der Waals surface area contributed by atoms with Gasteiger partial charge in [0.15, 0.2) is 0 Å². The van der Waals surface area contributed by atoms with Crippen LogP contribution in [-0.2, 0) is 21.4 Å². The Labute approximate surface area is 131 Å². The number of piperidine rings is 1. The molecule has 3 heterocycles. The Kier molecular flexibility index (Phi) is 3.94. The Bertz CT molecular complexity index is 662. The maximum absolute atomic E-state index is 12.8. The number of carbonyl (C=O) groups excluding carboxylic acids is 1. The molecule has 1 aromatic rings. The zero-order valence-corrected chi connectivity index (χ0v) is 13.6. The summed E-state index contributed by atoms with van der Waals surface area (Å²) in [6, 6.07) is 3.81. The van der Waals surface area contributed by atoms with Crippen molar-refractivity contribution in [1.82, 2.24) is 14.2 Å². The fraction of sp³-hybridized carbons (Fsp3) is 0.600. The number of pyridine rings is 1. The van der Waals surface area contributed by atoms with Crippen LogP contribution >= 0.6 is 0 Å². The van der Waals surface area contributed by atoms with Crippen molar-refractivity contribution in [3.8, 4) is 0 Å². The number of nitrogens with zero attached hydrogens (tertiary/aromatic N) is 3. The minimum Gasteiger partial charge on any atom is -0.338 e. The van der Waals surface area contributed by atoms with Gasteiger partial charge in [0.2, 0.25) is 15.9 Å². The highest BCUT2D eigenvalue weighted by Crippen LogP contribution is 2.41. The van der Waals surface area contributed by atoms with E-state index in [9.17, 15) is 13.2 Å². The molecule has 22 heavy (non-hydrogen) atoms. The fourth-order valence-electron chi connectivity index (χ4n) is 3.50. The van der Waals surface area contributed by atoms with Crippen LogP contribution in [0.25, 0.3) is 0 Å². The van der Waals surface area contributed by atoms with Crippen LogP contribution in [0.1, 0.15) is 24.8 Å². The first kappa shape index (κ1) is 15.4. The van der Waals surface area contributed by atoms with Crippen LogP contribution in [0.2, 0.25) is 0 Å². The van der Waals surface area contributed by atoms with E-state index in [4.69, 9.17) is 0 Å². The summed E-state index contributed by atoms with van der Waals surface area (Å²) in [6.45, 7) is 2.12. The van der Waals surface area contributed by atoms with Gasteiger partial charge < -0.3 is 4.90 Å². The van der Waals surface area contributed by atoms with E-state index >= 15 is 0 Å². The molecule has 1 atom stereocenters. The molecule has 1 amide bonds. The van der Waals surface area contributed by atoms with Crippen molar-refractivity contribution in [1.29, 1.82) is 0 Å². The second kappa shape index (κ2) is 5.62. The van der Waals surface area contributed by atoms with Gasteiger partial charge >= 0.3 is 0 Å². The number of carbonyl (C=O) groups is 1.